The van der Waals surface area contributed by atoms with Crippen LogP contribution in [0.4, 0.5) is 0 Å². The fourth-order valence-electron chi connectivity index (χ4n) is 1.61. The molecule has 0 rings (SSSR count). The molecule has 0 aliphatic heterocycles. The van der Waals surface area contributed by atoms with Gasteiger partial charge in [0.15, 0.2) is 0 Å². The Labute approximate surface area is 109 Å². The quantitative estimate of drug-likeness (QED) is 0.719. The topological polar surface area (TPSA) is 66.8 Å². The average Bonchev–Trinajstić information content (AvgIpc) is 2.29. The third-order valence-corrected chi connectivity index (χ3v) is 3.58. The van der Waals surface area contributed by atoms with Gasteiger partial charge >= 0.3 is 5.97 Å². The zero-order valence-electron chi connectivity index (χ0n) is 12.0. The largest absolute Gasteiger partial charge is 0.481 e. The Morgan fingerprint density at radius 1 is 1.39 bits per heavy atom. The molecule has 0 saturated carbocycles. The van der Waals surface area contributed by atoms with Gasteiger partial charge in [-0.1, -0.05) is 13.8 Å². The molecule has 1 unspecified atom stereocenters. The number of amides is 1. The van der Waals surface area contributed by atoms with Gasteiger partial charge in [-0.3, -0.25) is 9.59 Å². The van der Waals surface area contributed by atoms with Crippen molar-refractivity contribution in [2.24, 2.45) is 11.3 Å². The van der Waals surface area contributed by atoms with Gasteiger partial charge in [0.25, 0.3) is 0 Å². The highest BCUT2D eigenvalue weighted by molar-refractivity contribution is 5.85. The van der Waals surface area contributed by atoms with Crippen molar-refractivity contribution in [2.45, 2.75) is 34.1 Å². The third kappa shape index (κ3) is 4.29. The molecule has 5 nitrogen and oxygen atoms in total. The number of hydrogen-bond donors (Lipinski definition) is 1. The van der Waals surface area contributed by atoms with Gasteiger partial charge in [-0.2, -0.15) is 0 Å². The lowest BCUT2D eigenvalue weighted by molar-refractivity contribution is -0.155. The van der Waals surface area contributed by atoms with E-state index >= 15 is 0 Å². The molecule has 0 radical (unpaired) electrons. The fraction of sp³-hybridized carbons (Fsp3) is 0.846. The van der Waals surface area contributed by atoms with Gasteiger partial charge < -0.3 is 14.7 Å². The molecule has 0 fully saturated rings. The number of ether oxygens (including phenoxy) is 1. The molecule has 18 heavy (non-hydrogen) atoms. The molecule has 0 aliphatic rings. The van der Waals surface area contributed by atoms with Crippen molar-refractivity contribution in [3.05, 3.63) is 0 Å². The summed E-state index contributed by atoms with van der Waals surface area (Å²) in [5.41, 5.74) is -1.02. The van der Waals surface area contributed by atoms with Crippen molar-refractivity contribution in [3.8, 4) is 0 Å². The fourth-order valence-corrected chi connectivity index (χ4v) is 1.61. The lowest BCUT2D eigenvalue weighted by Crippen LogP contribution is -2.42. The van der Waals surface area contributed by atoms with Gasteiger partial charge in [-0.05, 0) is 19.8 Å². The average molecular weight is 259 g/mol. The van der Waals surface area contributed by atoms with Crippen LogP contribution >= 0.6 is 0 Å². The van der Waals surface area contributed by atoms with E-state index in [4.69, 9.17) is 4.74 Å². The number of carbonyl (C=O) groups is 2. The summed E-state index contributed by atoms with van der Waals surface area (Å²) in [7, 11) is 1.58. The first-order valence-corrected chi connectivity index (χ1v) is 6.29. The molecule has 1 atom stereocenters. The maximum Gasteiger partial charge on any atom is 0.310 e. The molecule has 0 saturated heterocycles. The minimum atomic E-state index is -1.02. The monoisotopic (exact) mass is 259 g/mol. The summed E-state index contributed by atoms with van der Waals surface area (Å²) in [6.07, 6.45) is 0.0254. The first-order valence-electron chi connectivity index (χ1n) is 6.29. The van der Waals surface area contributed by atoms with Gasteiger partial charge in [0.1, 0.15) is 0 Å². The van der Waals surface area contributed by atoms with Crippen molar-refractivity contribution >= 4 is 11.9 Å². The normalized spacial score (nSPS) is 14.3. The van der Waals surface area contributed by atoms with Crippen molar-refractivity contribution in [1.82, 2.24) is 4.90 Å². The molecule has 1 N–H and O–H groups in total. The zero-order chi connectivity index (χ0) is 14.3. The van der Waals surface area contributed by atoms with Gasteiger partial charge in [0, 0.05) is 26.6 Å². The molecule has 0 aromatic carbocycles. The number of likely N-dealkylation sites (N-methyl/N-ethyl adjacent to an activating group) is 1. The number of rotatable bonds is 8. The van der Waals surface area contributed by atoms with E-state index in [1.807, 2.05) is 20.8 Å². The van der Waals surface area contributed by atoms with Crippen LogP contribution in [0.5, 0.6) is 0 Å². The molecule has 0 heterocycles. The lowest BCUT2D eigenvalue weighted by atomic mass is 9.76. The minimum Gasteiger partial charge on any atom is -0.481 e. The van der Waals surface area contributed by atoms with Crippen LogP contribution < -0.4 is 0 Å². The van der Waals surface area contributed by atoms with Crippen molar-refractivity contribution < 1.29 is 19.4 Å². The second kappa shape index (κ2) is 7.36. The van der Waals surface area contributed by atoms with Gasteiger partial charge in [-0.25, -0.2) is 0 Å². The van der Waals surface area contributed by atoms with E-state index in [1.54, 1.807) is 18.9 Å². The predicted molar refractivity (Wildman–Crippen MR) is 69.3 cm³/mol. The van der Waals surface area contributed by atoms with Crippen LogP contribution in [-0.4, -0.2) is 48.7 Å². The molecule has 0 spiro atoms. The second-order valence-electron chi connectivity index (χ2n) is 5.02. The summed E-state index contributed by atoms with van der Waals surface area (Å²) < 4.78 is 4.94. The van der Waals surface area contributed by atoms with Crippen LogP contribution in [0.1, 0.15) is 34.1 Å². The van der Waals surface area contributed by atoms with E-state index in [-0.39, 0.29) is 18.2 Å². The van der Waals surface area contributed by atoms with Crippen molar-refractivity contribution in [2.75, 3.05) is 26.8 Å². The number of hydrogen-bond acceptors (Lipinski definition) is 3. The Balaban J connectivity index is 4.73. The summed E-state index contributed by atoms with van der Waals surface area (Å²) in [5, 5.41) is 9.29. The van der Waals surface area contributed by atoms with Crippen LogP contribution in [0.3, 0.4) is 0 Å². The van der Waals surface area contributed by atoms with E-state index in [1.165, 1.54) is 0 Å². The molecular weight excluding hydrogens is 234 g/mol. The van der Waals surface area contributed by atoms with E-state index in [0.29, 0.717) is 19.7 Å². The van der Waals surface area contributed by atoms with Gasteiger partial charge in [0.2, 0.25) is 5.91 Å². The van der Waals surface area contributed by atoms with Gasteiger partial charge in [0.05, 0.1) is 12.0 Å². The van der Waals surface area contributed by atoms with Crippen LogP contribution in [0.2, 0.25) is 0 Å². The number of methoxy groups -OCH3 is 1. The standard InChI is InChI=1S/C13H25NO4/c1-6-14(7-8-18-5)11(15)9-13(4,10(2)3)12(16)17/h10H,6-9H2,1-5H3,(H,16,17). The second-order valence-corrected chi connectivity index (χ2v) is 5.02. The van der Waals surface area contributed by atoms with Gasteiger partial charge in [-0.15, -0.1) is 0 Å². The highest BCUT2D eigenvalue weighted by atomic mass is 16.5. The number of carboxylic acid groups (broad SMARTS) is 1. The van der Waals surface area contributed by atoms with Crippen LogP contribution in [-0.2, 0) is 14.3 Å². The van der Waals surface area contributed by atoms with E-state index in [0.717, 1.165) is 0 Å². The first-order chi connectivity index (χ1) is 8.29. The summed E-state index contributed by atoms with van der Waals surface area (Å²) in [5.74, 6) is -1.15. The molecular formula is C13H25NO4. The first kappa shape index (κ1) is 16.9. The van der Waals surface area contributed by atoms with E-state index in [2.05, 4.69) is 0 Å². The summed E-state index contributed by atoms with van der Waals surface area (Å²) >= 11 is 0. The Morgan fingerprint density at radius 3 is 2.28 bits per heavy atom. The summed E-state index contributed by atoms with van der Waals surface area (Å²) in [4.78, 5) is 25.1. The number of nitrogens with zero attached hydrogens (tertiary/aromatic N) is 1. The van der Waals surface area contributed by atoms with Crippen LogP contribution in [0.25, 0.3) is 0 Å². The zero-order valence-corrected chi connectivity index (χ0v) is 12.0. The van der Waals surface area contributed by atoms with Crippen molar-refractivity contribution in [3.63, 3.8) is 0 Å². The molecule has 106 valence electrons. The van der Waals surface area contributed by atoms with Crippen LogP contribution in [0.15, 0.2) is 0 Å². The molecule has 0 bridgehead atoms. The lowest BCUT2D eigenvalue weighted by Gasteiger charge is -2.31. The van der Waals surface area contributed by atoms with Crippen LogP contribution in [0, 0.1) is 11.3 Å². The summed E-state index contributed by atoms with van der Waals surface area (Å²) in [6, 6.07) is 0. The molecule has 0 aliphatic carbocycles. The predicted octanol–water partition coefficient (Wildman–Crippen LogP) is 1.62. The number of carboxylic acids is 1. The number of carbonyl (C=O) groups excluding carboxylic acids is 1. The Morgan fingerprint density at radius 2 is 1.94 bits per heavy atom. The minimum absolute atomic E-state index is 0.0254. The maximum atomic E-state index is 12.1. The third-order valence-electron chi connectivity index (χ3n) is 3.58. The van der Waals surface area contributed by atoms with Crippen molar-refractivity contribution in [1.29, 1.82) is 0 Å². The van der Waals surface area contributed by atoms with E-state index in [9.17, 15) is 14.7 Å². The van der Waals surface area contributed by atoms with E-state index < -0.39 is 11.4 Å². The molecule has 0 aromatic rings. The molecule has 1 amide bonds. The Bertz CT molecular complexity index is 291. The number of aliphatic carboxylic acids is 1. The molecule has 0 aromatic heterocycles. The Hall–Kier alpha value is -1.10. The highest BCUT2D eigenvalue weighted by Gasteiger charge is 2.39. The maximum absolute atomic E-state index is 12.1. The Kier molecular flexibility index (Phi) is 6.91. The smallest absolute Gasteiger partial charge is 0.310 e. The summed E-state index contributed by atoms with van der Waals surface area (Å²) in [6.45, 7) is 8.68. The highest BCUT2D eigenvalue weighted by Crippen LogP contribution is 2.32. The molecule has 5 heteroatoms. The SMILES string of the molecule is CCN(CCOC)C(=O)CC(C)(C(=O)O)C(C)C.